The van der Waals surface area contributed by atoms with E-state index in [0.717, 1.165) is 18.9 Å². The molecule has 0 saturated carbocycles. The highest BCUT2D eigenvalue weighted by molar-refractivity contribution is 5.19. The summed E-state index contributed by atoms with van der Waals surface area (Å²) in [6.45, 7) is 5.90. The first-order valence-electron chi connectivity index (χ1n) is 8.38. The Morgan fingerprint density at radius 1 is 1.24 bits per heavy atom. The van der Waals surface area contributed by atoms with Gasteiger partial charge in [-0.1, -0.05) is 25.5 Å². The highest BCUT2D eigenvalue weighted by Crippen LogP contribution is 2.22. The van der Waals surface area contributed by atoms with Crippen LogP contribution in [0.15, 0.2) is 24.3 Å². The van der Waals surface area contributed by atoms with Crippen LogP contribution in [0, 0.1) is 11.7 Å². The fraction of sp³-hybridized carbons (Fsp3) is 0.667. The van der Waals surface area contributed by atoms with Gasteiger partial charge in [-0.05, 0) is 76.0 Å². The van der Waals surface area contributed by atoms with E-state index in [2.05, 4.69) is 17.1 Å². The van der Waals surface area contributed by atoms with Gasteiger partial charge in [0.2, 0.25) is 0 Å². The van der Waals surface area contributed by atoms with Crippen LogP contribution in [-0.4, -0.2) is 31.6 Å². The third-order valence-corrected chi connectivity index (χ3v) is 4.87. The first kappa shape index (κ1) is 16.4. The monoisotopic (exact) mass is 292 g/mol. The summed E-state index contributed by atoms with van der Waals surface area (Å²) in [6, 6.07) is 7.21. The number of benzene rings is 1. The van der Waals surface area contributed by atoms with Crippen LogP contribution in [-0.2, 0) is 0 Å². The summed E-state index contributed by atoms with van der Waals surface area (Å²) in [5.74, 6) is 0.763. The molecule has 0 aromatic heterocycles. The van der Waals surface area contributed by atoms with Crippen LogP contribution in [0.4, 0.5) is 4.39 Å². The largest absolute Gasteiger partial charge is 0.313 e. The van der Waals surface area contributed by atoms with E-state index in [4.69, 9.17) is 0 Å². The Hall–Kier alpha value is -0.930. The van der Waals surface area contributed by atoms with E-state index >= 15 is 0 Å². The number of hydrogen-bond acceptors (Lipinski definition) is 2. The van der Waals surface area contributed by atoms with E-state index in [1.165, 1.54) is 44.3 Å². The molecule has 0 spiro atoms. The van der Waals surface area contributed by atoms with Crippen molar-refractivity contribution in [2.24, 2.45) is 5.92 Å². The van der Waals surface area contributed by atoms with Gasteiger partial charge in [-0.2, -0.15) is 0 Å². The van der Waals surface area contributed by atoms with E-state index in [0.29, 0.717) is 6.04 Å². The molecule has 0 aliphatic carbocycles. The molecule has 0 bridgehead atoms. The molecular weight excluding hydrogens is 263 g/mol. The number of likely N-dealkylation sites (tertiary alicyclic amines) is 1. The molecule has 1 aliphatic heterocycles. The van der Waals surface area contributed by atoms with Gasteiger partial charge in [0.1, 0.15) is 5.82 Å². The second-order valence-electron chi connectivity index (χ2n) is 6.23. The van der Waals surface area contributed by atoms with Gasteiger partial charge in [0.25, 0.3) is 0 Å². The number of nitrogens with zero attached hydrogens (tertiary/aromatic N) is 1. The van der Waals surface area contributed by atoms with Gasteiger partial charge in [0.05, 0.1) is 0 Å². The van der Waals surface area contributed by atoms with E-state index in [1.807, 2.05) is 19.2 Å². The van der Waals surface area contributed by atoms with Gasteiger partial charge in [-0.25, -0.2) is 4.39 Å². The van der Waals surface area contributed by atoms with Crippen molar-refractivity contribution in [2.45, 2.75) is 45.1 Å². The first-order chi connectivity index (χ1) is 10.2. The summed E-state index contributed by atoms with van der Waals surface area (Å²) in [6.07, 6.45) is 6.47. The Bertz CT molecular complexity index is 404. The maximum absolute atomic E-state index is 13.0. The third-order valence-electron chi connectivity index (χ3n) is 4.87. The molecule has 3 heteroatoms. The second-order valence-corrected chi connectivity index (χ2v) is 6.23. The first-order valence-corrected chi connectivity index (χ1v) is 8.38. The normalized spacial score (nSPS) is 22.0. The molecule has 0 amide bonds. The molecule has 21 heavy (non-hydrogen) atoms. The minimum atomic E-state index is -0.160. The van der Waals surface area contributed by atoms with Crippen LogP contribution in [0.2, 0.25) is 0 Å². The summed E-state index contributed by atoms with van der Waals surface area (Å²) < 4.78 is 13.0. The van der Waals surface area contributed by atoms with Crippen LogP contribution in [0.25, 0.3) is 0 Å². The molecule has 1 heterocycles. The quantitative estimate of drug-likeness (QED) is 0.853. The number of nitrogens with one attached hydrogen (secondary N) is 1. The molecule has 2 atom stereocenters. The van der Waals surface area contributed by atoms with Gasteiger partial charge < -0.3 is 10.2 Å². The Morgan fingerprint density at radius 2 is 2.00 bits per heavy atom. The average molecular weight is 292 g/mol. The topological polar surface area (TPSA) is 15.3 Å². The van der Waals surface area contributed by atoms with Gasteiger partial charge in [0, 0.05) is 6.04 Å². The van der Waals surface area contributed by atoms with Crippen LogP contribution in [0.1, 0.15) is 50.6 Å². The molecule has 1 fully saturated rings. The van der Waals surface area contributed by atoms with Crippen molar-refractivity contribution in [3.05, 3.63) is 35.6 Å². The fourth-order valence-electron chi connectivity index (χ4n) is 3.34. The van der Waals surface area contributed by atoms with E-state index in [-0.39, 0.29) is 5.82 Å². The van der Waals surface area contributed by atoms with Crippen LogP contribution in [0.3, 0.4) is 0 Å². The molecular formula is C18H29FN2. The van der Waals surface area contributed by atoms with Gasteiger partial charge in [-0.15, -0.1) is 0 Å². The van der Waals surface area contributed by atoms with Crippen molar-refractivity contribution in [3.63, 3.8) is 0 Å². The Labute approximate surface area is 128 Å². The fourth-order valence-corrected chi connectivity index (χ4v) is 3.34. The molecule has 1 aliphatic rings. The Morgan fingerprint density at radius 3 is 2.67 bits per heavy atom. The molecule has 1 aromatic rings. The number of hydrogen-bond donors (Lipinski definition) is 1. The molecule has 2 unspecified atom stereocenters. The smallest absolute Gasteiger partial charge is 0.123 e. The minimum absolute atomic E-state index is 0.160. The molecule has 0 radical (unpaired) electrons. The lowest BCUT2D eigenvalue weighted by atomic mass is 9.98. The molecule has 118 valence electrons. The van der Waals surface area contributed by atoms with E-state index < -0.39 is 0 Å². The summed E-state index contributed by atoms with van der Waals surface area (Å²) >= 11 is 0. The average Bonchev–Trinajstić information content (AvgIpc) is 2.74. The van der Waals surface area contributed by atoms with Crippen molar-refractivity contribution < 1.29 is 4.39 Å². The van der Waals surface area contributed by atoms with Crippen molar-refractivity contribution >= 4 is 0 Å². The van der Waals surface area contributed by atoms with Crippen molar-refractivity contribution in [1.82, 2.24) is 10.2 Å². The van der Waals surface area contributed by atoms with Crippen LogP contribution >= 0.6 is 0 Å². The zero-order valence-electron chi connectivity index (χ0n) is 13.4. The minimum Gasteiger partial charge on any atom is -0.313 e. The molecule has 1 N–H and O–H groups in total. The Balaban J connectivity index is 1.84. The standard InChI is InChI=1S/C18H29FN2/c1-3-15-5-4-12-21(13-10-15)14-11-18(20-2)16-6-8-17(19)9-7-16/h6-9,15,18,20H,3-5,10-14H2,1-2H3. The zero-order chi connectivity index (χ0) is 15.1. The van der Waals surface area contributed by atoms with Gasteiger partial charge >= 0.3 is 0 Å². The molecule has 2 rings (SSSR count). The van der Waals surface area contributed by atoms with Crippen molar-refractivity contribution in [1.29, 1.82) is 0 Å². The number of halogens is 1. The summed E-state index contributed by atoms with van der Waals surface area (Å²) in [5, 5.41) is 3.36. The maximum atomic E-state index is 13.0. The molecule has 2 nitrogen and oxygen atoms in total. The highest BCUT2D eigenvalue weighted by atomic mass is 19.1. The third kappa shape index (κ3) is 5.08. The van der Waals surface area contributed by atoms with Gasteiger partial charge in [-0.3, -0.25) is 0 Å². The predicted molar refractivity (Wildman–Crippen MR) is 86.9 cm³/mol. The molecule has 1 aromatic carbocycles. The van der Waals surface area contributed by atoms with Crippen LogP contribution in [0.5, 0.6) is 0 Å². The number of rotatable bonds is 6. The van der Waals surface area contributed by atoms with E-state index in [9.17, 15) is 4.39 Å². The van der Waals surface area contributed by atoms with Crippen molar-refractivity contribution in [2.75, 3.05) is 26.7 Å². The summed E-state index contributed by atoms with van der Waals surface area (Å²) in [7, 11) is 1.99. The molecule has 1 saturated heterocycles. The highest BCUT2D eigenvalue weighted by Gasteiger charge is 2.17. The SMILES string of the molecule is CCC1CCCN(CCC(NC)c2ccc(F)cc2)CC1. The lowest BCUT2D eigenvalue weighted by Gasteiger charge is -2.24. The summed E-state index contributed by atoms with van der Waals surface area (Å²) in [4.78, 5) is 2.60. The predicted octanol–water partition coefficient (Wildman–Crippen LogP) is 3.99. The lowest BCUT2D eigenvalue weighted by Crippen LogP contribution is -2.29. The maximum Gasteiger partial charge on any atom is 0.123 e. The van der Waals surface area contributed by atoms with E-state index in [1.54, 1.807) is 12.1 Å². The summed E-state index contributed by atoms with van der Waals surface area (Å²) in [5.41, 5.74) is 1.18. The van der Waals surface area contributed by atoms with Crippen molar-refractivity contribution in [3.8, 4) is 0 Å². The zero-order valence-corrected chi connectivity index (χ0v) is 13.4. The Kier molecular flexibility index (Phi) is 6.65. The van der Waals surface area contributed by atoms with Crippen LogP contribution < -0.4 is 5.32 Å². The second kappa shape index (κ2) is 8.50. The lowest BCUT2D eigenvalue weighted by molar-refractivity contribution is 0.264. The van der Waals surface area contributed by atoms with Gasteiger partial charge in [0.15, 0.2) is 0 Å².